The quantitative estimate of drug-likeness (QED) is 0.847. The van der Waals surface area contributed by atoms with Crippen LogP contribution in [0, 0.1) is 5.92 Å². The van der Waals surface area contributed by atoms with Crippen LogP contribution in [0.2, 0.25) is 0 Å². The molecule has 0 spiro atoms. The molecular formula is C12H22N4S. The smallest absolute Gasteiger partial charge is 0.202 e. The molecule has 1 heterocycles. The molecule has 1 fully saturated rings. The van der Waals surface area contributed by atoms with E-state index in [1.165, 1.54) is 43.6 Å². The maximum Gasteiger partial charge on any atom is 0.202 e. The summed E-state index contributed by atoms with van der Waals surface area (Å²) in [5.41, 5.74) is 5.88. The van der Waals surface area contributed by atoms with Crippen LogP contribution in [0.3, 0.4) is 0 Å². The second-order valence-corrected chi connectivity index (χ2v) is 5.51. The minimum absolute atomic E-state index is 0.368. The van der Waals surface area contributed by atoms with Gasteiger partial charge in [-0.1, -0.05) is 26.2 Å². The van der Waals surface area contributed by atoms with Gasteiger partial charge in [0.1, 0.15) is 5.82 Å². The van der Waals surface area contributed by atoms with Gasteiger partial charge in [0.05, 0.1) is 0 Å². The van der Waals surface area contributed by atoms with Gasteiger partial charge in [0.15, 0.2) is 0 Å². The van der Waals surface area contributed by atoms with Gasteiger partial charge in [-0.15, -0.1) is 0 Å². The van der Waals surface area contributed by atoms with E-state index >= 15 is 0 Å². The number of anilines is 1. The third kappa shape index (κ3) is 3.39. The van der Waals surface area contributed by atoms with Crippen molar-refractivity contribution in [3.8, 4) is 0 Å². The maximum atomic E-state index is 5.88. The fraction of sp³-hybridized carbons (Fsp3) is 0.833. The van der Waals surface area contributed by atoms with Crippen molar-refractivity contribution in [2.24, 2.45) is 11.7 Å². The molecule has 1 aromatic rings. The lowest BCUT2D eigenvalue weighted by atomic mass is 9.84. The van der Waals surface area contributed by atoms with Gasteiger partial charge in [-0.25, -0.2) is 4.98 Å². The van der Waals surface area contributed by atoms with Crippen LogP contribution >= 0.6 is 11.5 Å². The predicted molar refractivity (Wildman–Crippen MR) is 72.3 cm³/mol. The first-order valence-electron chi connectivity index (χ1n) is 6.62. The van der Waals surface area contributed by atoms with E-state index in [0.29, 0.717) is 18.5 Å². The zero-order valence-corrected chi connectivity index (χ0v) is 11.3. The highest BCUT2D eigenvalue weighted by Crippen LogP contribution is 2.28. The molecule has 5 heteroatoms. The van der Waals surface area contributed by atoms with Gasteiger partial charge < -0.3 is 11.1 Å². The van der Waals surface area contributed by atoms with E-state index in [1.807, 2.05) is 0 Å². The van der Waals surface area contributed by atoms with Crippen molar-refractivity contribution in [1.29, 1.82) is 0 Å². The Hall–Kier alpha value is -0.680. The van der Waals surface area contributed by atoms with Crippen molar-refractivity contribution in [3.05, 3.63) is 5.82 Å². The molecule has 3 N–H and O–H groups in total. The minimum atomic E-state index is 0.368. The summed E-state index contributed by atoms with van der Waals surface area (Å²) in [5.74, 6) is 1.64. The van der Waals surface area contributed by atoms with Crippen molar-refractivity contribution in [2.75, 3.05) is 11.9 Å². The molecule has 0 radical (unpaired) electrons. The first-order valence-corrected chi connectivity index (χ1v) is 7.40. The summed E-state index contributed by atoms with van der Waals surface area (Å²) in [5, 5.41) is 4.41. The molecule has 1 aromatic heterocycles. The predicted octanol–water partition coefficient (Wildman–Crippen LogP) is 2.42. The second kappa shape index (κ2) is 6.31. The summed E-state index contributed by atoms with van der Waals surface area (Å²) >= 11 is 1.45. The molecule has 2 rings (SSSR count). The Balaban J connectivity index is 1.93. The molecule has 1 aliphatic carbocycles. The first-order chi connectivity index (χ1) is 8.33. The summed E-state index contributed by atoms with van der Waals surface area (Å²) in [6, 6.07) is 0.368. The summed E-state index contributed by atoms with van der Waals surface area (Å²) in [4.78, 5) is 4.45. The van der Waals surface area contributed by atoms with Crippen molar-refractivity contribution in [3.63, 3.8) is 0 Å². The highest BCUT2D eigenvalue weighted by Gasteiger charge is 2.23. The van der Waals surface area contributed by atoms with Crippen LogP contribution in [-0.4, -0.2) is 21.9 Å². The zero-order chi connectivity index (χ0) is 12.1. The molecule has 1 atom stereocenters. The van der Waals surface area contributed by atoms with Crippen LogP contribution in [0.5, 0.6) is 0 Å². The Bertz CT molecular complexity index is 333. The van der Waals surface area contributed by atoms with E-state index in [-0.39, 0.29) is 0 Å². The van der Waals surface area contributed by atoms with Gasteiger partial charge in [-0.3, -0.25) is 0 Å². The number of nitrogens with one attached hydrogen (secondary N) is 1. The second-order valence-electron chi connectivity index (χ2n) is 4.75. The van der Waals surface area contributed by atoms with Gasteiger partial charge in [0.25, 0.3) is 0 Å². The Morgan fingerprint density at radius 3 is 2.76 bits per heavy atom. The number of hydrogen-bond acceptors (Lipinski definition) is 5. The lowest BCUT2D eigenvalue weighted by Gasteiger charge is -2.29. The standard InChI is InChI=1S/C12H22N4S/c1-2-11-15-12(17-16-11)14-10(8-13)9-6-4-3-5-7-9/h9-10H,2-8,13H2,1H3,(H,14,15,16). The van der Waals surface area contributed by atoms with E-state index < -0.39 is 0 Å². The van der Waals surface area contributed by atoms with Crippen molar-refractivity contribution in [2.45, 2.75) is 51.5 Å². The number of nitrogens with zero attached hydrogens (tertiary/aromatic N) is 2. The summed E-state index contributed by atoms with van der Waals surface area (Å²) in [7, 11) is 0. The average molecular weight is 254 g/mol. The lowest BCUT2D eigenvalue weighted by Crippen LogP contribution is -2.37. The fourth-order valence-corrected chi connectivity index (χ4v) is 3.23. The number of hydrogen-bond donors (Lipinski definition) is 2. The summed E-state index contributed by atoms with van der Waals surface area (Å²) < 4.78 is 4.29. The topological polar surface area (TPSA) is 63.8 Å². The zero-order valence-electron chi connectivity index (χ0n) is 10.5. The summed E-state index contributed by atoms with van der Waals surface area (Å²) in [6.07, 6.45) is 7.57. The number of rotatable bonds is 5. The van der Waals surface area contributed by atoms with Crippen LogP contribution in [0.15, 0.2) is 0 Å². The number of nitrogens with two attached hydrogens (primary N) is 1. The van der Waals surface area contributed by atoms with Gasteiger partial charge in [0.2, 0.25) is 5.13 Å². The molecule has 4 nitrogen and oxygen atoms in total. The normalized spacial score (nSPS) is 19.2. The molecule has 0 saturated heterocycles. The Kier molecular flexibility index (Phi) is 4.74. The van der Waals surface area contributed by atoms with E-state index in [4.69, 9.17) is 5.73 Å². The van der Waals surface area contributed by atoms with Crippen LogP contribution < -0.4 is 11.1 Å². The van der Waals surface area contributed by atoms with Gasteiger partial charge in [-0.05, 0) is 18.8 Å². The third-order valence-corrected chi connectivity index (χ3v) is 4.25. The minimum Gasteiger partial charge on any atom is -0.356 e. The van der Waals surface area contributed by atoms with Gasteiger partial charge in [-0.2, -0.15) is 4.37 Å². The molecule has 0 amide bonds. The maximum absolute atomic E-state index is 5.88. The van der Waals surface area contributed by atoms with Crippen molar-refractivity contribution >= 4 is 16.7 Å². The first kappa shape index (κ1) is 12.8. The van der Waals surface area contributed by atoms with Crippen LogP contribution in [-0.2, 0) is 6.42 Å². The molecule has 96 valence electrons. The summed E-state index contributed by atoms with van der Waals surface area (Å²) in [6.45, 7) is 2.76. The van der Waals surface area contributed by atoms with Crippen molar-refractivity contribution < 1.29 is 0 Å². The molecule has 1 unspecified atom stereocenters. The van der Waals surface area contributed by atoms with Gasteiger partial charge in [0, 0.05) is 30.5 Å². The van der Waals surface area contributed by atoms with Gasteiger partial charge >= 0.3 is 0 Å². The highest BCUT2D eigenvalue weighted by molar-refractivity contribution is 7.09. The molecule has 0 aliphatic heterocycles. The lowest BCUT2D eigenvalue weighted by molar-refractivity contribution is 0.320. The largest absolute Gasteiger partial charge is 0.356 e. The molecule has 0 aromatic carbocycles. The third-order valence-electron chi connectivity index (χ3n) is 3.57. The van der Waals surface area contributed by atoms with E-state index in [9.17, 15) is 0 Å². The molecule has 1 aliphatic rings. The van der Waals surface area contributed by atoms with Crippen molar-refractivity contribution in [1.82, 2.24) is 9.36 Å². The Morgan fingerprint density at radius 1 is 1.41 bits per heavy atom. The average Bonchev–Trinajstić information content (AvgIpc) is 2.84. The Morgan fingerprint density at radius 2 is 2.18 bits per heavy atom. The van der Waals surface area contributed by atoms with E-state index in [1.54, 1.807) is 0 Å². The van der Waals surface area contributed by atoms with Crippen LogP contribution in [0.1, 0.15) is 44.9 Å². The van der Waals surface area contributed by atoms with E-state index in [2.05, 4.69) is 21.6 Å². The highest BCUT2D eigenvalue weighted by atomic mass is 32.1. The monoisotopic (exact) mass is 254 g/mol. The SMILES string of the molecule is CCc1nsc(NC(CN)C2CCCCC2)n1. The van der Waals surface area contributed by atoms with Crippen LogP contribution in [0.25, 0.3) is 0 Å². The molecular weight excluding hydrogens is 232 g/mol. The fourth-order valence-electron chi connectivity index (χ4n) is 2.52. The molecule has 0 bridgehead atoms. The van der Waals surface area contributed by atoms with E-state index in [0.717, 1.165) is 17.4 Å². The van der Waals surface area contributed by atoms with Crippen LogP contribution in [0.4, 0.5) is 5.13 Å². The number of aryl methyl sites for hydroxylation is 1. The number of aromatic nitrogens is 2. The Labute approximate surface area is 107 Å². The molecule has 1 saturated carbocycles. The molecule has 17 heavy (non-hydrogen) atoms.